The molecule has 0 bridgehead atoms. The number of hydrogen-bond acceptors (Lipinski definition) is 2. The maximum Gasteiger partial charge on any atom is 0.256 e. The molecule has 1 aromatic carbocycles. The number of ether oxygens (including phenoxy) is 1. The smallest absolute Gasteiger partial charge is 0.256 e. The third-order valence-electron chi connectivity index (χ3n) is 5.22. The highest BCUT2D eigenvalue weighted by Crippen LogP contribution is 2.27. The summed E-state index contributed by atoms with van der Waals surface area (Å²) in [6, 6.07) is 5.80. The standard InChI is InChI=1S/C25H41ClO2/c1-4-5-6-7-8-9-10-11-12-13-14-15-16-18-22-19-17-20-23(28-21(2)3)24(22)25(26)27/h17,19-21H,4-16,18H2,1-3H3. The summed E-state index contributed by atoms with van der Waals surface area (Å²) in [5.41, 5.74) is 1.57. The van der Waals surface area contributed by atoms with E-state index in [4.69, 9.17) is 16.3 Å². The van der Waals surface area contributed by atoms with Crippen LogP contribution < -0.4 is 4.74 Å². The van der Waals surface area contributed by atoms with E-state index in [1.165, 1.54) is 77.0 Å². The second-order valence-electron chi connectivity index (χ2n) is 8.22. The minimum atomic E-state index is -0.416. The predicted molar refractivity (Wildman–Crippen MR) is 122 cm³/mol. The van der Waals surface area contributed by atoms with E-state index in [1.807, 2.05) is 32.0 Å². The zero-order valence-corrected chi connectivity index (χ0v) is 19.2. The molecule has 28 heavy (non-hydrogen) atoms. The quantitative estimate of drug-likeness (QED) is 0.191. The first-order valence-corrected chi connectivity index (χ1v) is 11.9. The second kappa shape index (κ2) is 15.9. The molecule has 0 unspecified atom stereocenters. The van der Waals surface area contributed by atoms with Crippen LogP contribution in [0.3, 0.4) is 0 Å². The molecule has 0 aliphatic heterocycles. The highest BCUT2D eigenvalue weighted by Gasteiger charge is 2.16. The van der Waals surface area contributed by atoms with Gasteiger partial charge in [-0.05, 0) is 49.9 Å². The van der Waals surface area contributed by atoms with Crippen molar-refractivity contribution in [2.45, 2.75) is 117 Å². The van der Waals surface area contributed by atoms with Gasteiger partial charge in [0, 0.05) is 0 Å². The molecule has 0 atom stereocenters. The number of benzene rings is 1. The van der Waals surface area contributed by atoms with Gasteiger partial charge in [0.15, 0.2) is 0 Å². The fourth-order valence-electron chi connectivity index (χ4n) is 3.69. The molecule has 2 nitrogen and oxygen atoms in total. The first-order valence-electron chi connectivity index (χ1n) is 11.5. The lowest BCUT2D eigenvalue weighted by atomic mass is 9.99. The molecular weight excluding hydrogens is 368 g/mol. The molecule has 0 amide bonds. The van der Waals surface area contributed by atoms with Gasteiger partial charge < -0.3 is 4.74 Å². The van der Waals surface area contributed by atoms with Crippen LogP contribution in [0.1, 0.15) is 120 Å². The summed E-state index contributed by atoms with van der Waals surface area (Å²) in [4.78, 5) is 11.9. The van der Waals surface area contributed by atoms with Crippen LogP contribution in [0.4, 0.5) is 0 Å². The van der Waals surface area contributed by atoms with E-state index in [-0.39, 0.29) is 6.10 Å². The summed E-state index contributed by atoms with van der Waals surface area (Å²) >= 11 is 5.84. The van der Waals surface area contributed by atoms with Crippen LogP contribution in [0.5, 0.6) is 5.75 Å². The topological polar surface area (TPSA) is 26.3 Å². The van der Waals surface area contributed by atoms with E-state index in [9.17, 15) is 4.79 Å². The van der Waals surface area contributed by atoms with E-state index >= 15 is 0 Å². The van der Waals surface area contributed by atoms with Crippen molar-refractivity contribution in [2.24, 2.45) is 0 Å². The van der Waals surface area contributed by atoms with Gasteiger partial charge in [-0.15, -0.1) is 0 Å². The summed E-state index contributed by atoms with van der Waals surface area (Å²) in [5.74, 6) is 0.613. The van der Waals surface area contributed by atoms with Gasteiger partial charge in [-0.25, -0.2) is 0 Å². The lowest BCUT2D eigenvalue weighted by molar-refractivity contribution is 0.107. The number of carbonyl (C=O) groups is 1. The Bertz CT molecular complexity index is 539. The van der Waals surface area contributed by atoms with Gasteiger partial charge in [-0.2, -0.15) is 0 Å². The Balaban J connectivity index is 2.17. The minimum absolute atomic E-state index is 0.0290. The molecule has 0 spiro atoms. The summed E-state index contributed by atoms with van der Waals surface area (Å²) < 4.78 is 5.76. The van der Waals surface area contributed by atoms with Crippen LogP contribution in [0.2, 0.25) is 0 Å². The largest absolute Gasteiger partial charge is 0.490 e. The van der Waals surface area contributed by atoms with Crippen LogP contribution in [0.25, 0.3) is 0 Å². The van der Waals surface area contributed by atoms with E-state index in [2.05, 4.69) is 6.92 Å². The highest BCUT2D eigenvalue weighted by atomic mass is 35.5. The summed E-state index contributed by atoms with van der Waals surface area (Å²) in [7, 11) is 0. The van der Waals surface area contributed by atoms with E-state index in [1.54, 1.807) is 0 Å². The monoisotopic (exact) mass is 408 g/mol. The van der Waals surface area contributed by atoms with E-state index in [0.29, 0.717) is 11.3 Å². The first kappa shape index (κ1) is 25.0. The zero-order chi connectivity index (χ0) is 20.6. The first-order chi connectivity index (χ1) is 13.6. The third-order valence-corrected chi connectivity index (χ3v) is 5.41. The Hall–Kier alpha value is -1.02. The van der Waals surface area contributed by atoms with Gasteiger partial charge in [-0.3, -0.25) is 4.79 Å². The van der Waals surface area contributed by atoms with Gasteiger partial charge in [0.1, 0.15) is 5.75 Å². The fraction of sp³-hybridized carbons (Fsp3) is 0.720. The minimum Gasteiger partial charge on any atom is -0.490 e. The zero-order valence-electron chi connectivity index (χ0n) is 18.4. The number of aryl methyl sites for hydroxylation is 1. The molecule has 0 aliphatic carbocycles. The average Bonchev–Trinajstić information content (AvgIpc) is 2.65. The molecule has 0 N–H and O–H groups in total. The predicted octanol–water partition coefficient (Wildman–Crippen LogP) is 8.49. The van der Waals surface area contributed by atoms with Crippen LogP contribution in [-0.2, 0) is 6.42 Å². The fourth-order valence-corrected chi connectivity index (χ4v) is 3.91. The molecule has 1 aromatic rings. The molecule has 0 radical (unpaired) electrons. The van der Waals surface area contributed by atoms with Gasteiger partial charge >= 0.3 is 0 Å². The maximum absolute atomic E-state index is 11.9. The number of halogens is 1. The van der Waals surface area contributed by atoms with E-state index in [0.717, 1.165) is 18.4 Å². The van der Waals surface area contributed by atoms with Crippen molar-refractivity contribution >= 4 is 16.8 Å². The molecule has 160 valence electrons. The second-order valence-corrected chi connectivity index (χ2v) is 8.57. The lowest BCUT2D eigenvalue weighted by Crippen LogP contribution is -2.10. The van der Waals surface area contributed by atoms with Crippen molar-refractivity contribution in [3.8, 4) is 5.75 Å². The molecule has 0 saturated carbocycles. The van der Waals surface area contributed by atoms with Gasteiger partial charge in [0.05, 0.1) is 11.7 Å². The normalized spacial score (nSPS) is 11.2. The van der Waals surface area contributed by atoms with E-state index < -0.39 is 5.24 Å². The van der Waals surface area contributed by atoms with Crippen molar-refractivity contribution in [1.82, 2.24) is 0 Å². The average molecular weight is 409 g/mol. The van der Waals surface area contributed by atoms with Gasteiger partial charge in [0.25, 0.3) is 5.24 Å². The van der Waals surface area contributed by atoms with Crippen molar-refractivity contribution in [3.05, 3.63) is 29.3 Å². The molecule has 0 heterocycles. The van der Waals surface area contributed by atoms with Crippen molar-refractivity contribution in [2.75, 3.05) is 0 Å². The molecular formula is C25H41ClO2. The Morgan fingerprint density at radius 2 is 1.36 bits per heavy atom. The number of rotatable bonds is 17. The van der Waals surface area contributed by atoms with Gasteiger partial charge in [-0.1, -0.05) is 96.1 Å². The highest BCUT2D eigenvalue weighted by molar-refractivity contribution is 6.68. The number of unbranched alkanes of at least 4 members (excludes halogenated alkanes) is 12. The molecule has 3 heteroatoms. The van der Waals surface area contributed by atoms with Crippen LogP contribution in [0, 0.1) is 0 Å². The molecule has 0 saturated heterocycles. The van der Waals surface area contributed by atoms with Crippen molar-refractivity contribution < 1.29 is 9.53 Å². The SMILES string of the molecule is CCCCCCCCCCCCCCCc1cccc(OC(C)C)c1C(=O)Cl. The van der Waals surface area contributed by atoms with Crippen LogP contribution >= 0.6 is 11.6 Å². The van der Waals surface area contributed by atoms with Crippen LogP contribution in [0.15, 0.2) is 18.2 Å². The number of carbonyl (C=O) groups excluding carboxylic acids is 1. The maximum atomic E-state index is 11.9. The van der Waals surface area contributed by atoms with Crippen LogP contribution in [-0.4, -0.2) is 11.3 Å². The Morgan fingerprint density at radius 1 is 0.857 bits per heavy atom. The summed E-state index contributed by atoms with van der Waals surface area (Å²) in [6.45, 7) is 6.19. The Morgan fingerprint density at radius 3 is 1.82 bits per heavy atom. The van der Waals surface area contributed by atoms with Crippen molar-refractivity contribution in [1.29, 1.82) is 0 Å². The molecule has 1 rings (SSSR count). The summed E-state index contributed by atoms with van der Waals surface area (Å²) in [6.07, 6.45) is 18.4. The number of hydrogen-bond donors (Lipinski definition) is 0. The Kier molecular flexibility index (Phi) is 14.2. The Labute approximate surface area is 178 Å². The van der Waals surface area contributed by atoms with Gasteiger partial charge in [0.2, 0.25) is 0 Å². The van der Waals surface area contributed by atoms with Crippen molar-refractivity contribution in [3.63, 3.8) is 0 Å². The molecule has 0 aliphatic rings. The summed E-state index contributed by atoms with van der Waals surface area (Å²) in [5, 5.41) is -0.416. The third kappa shape index (κ3) is 11.1. The molecule has 0 aromatic heterocycles. The molecule has 0 fully saturated rings. The lowest BCUT2D eigenvalue weighted by Gasteiger charge is -2.15.